The van der Waals surface area contributed by atoms with Crippen molar-refractivity contribution in [3.63, 3.8) is 0 Å². The van der Waals surface area contributed by atoms with Crippen LogP contribution in [0.1, 0.15) is 56.7 Å². The summed E-state index contributed by atoms with van der Waals surface area (Å²) in [6.45, 7) is 4.53. The van der Waals surface area contributed by atoms with Crippen molar-refractivity contribution in [1.82, 2.24) is 4.98 Å². The van der Waals surface area contributed by atoms with Crippen molar-refractivity contribution in [2.24, 2.45) is 22.7 Å². The lowest BCUT2D eigenvalue weighted by Crippen LogP contribution is -2.55. The molecule has 2 nitrogen and oxygen atoms in total. The molecule has 4 saturated carbocycles. The van der Waals surface area contributed by atoms with Gasteiger partial charge in [0.2, 0.25) is 0 Å². The molecule has 1 aromatic rings. The van der Waals surface area contributed by atoms with Crippen molar-refractivity contribution >= 4 is 0 Å². The van der Waals surface area contributed by atoms with Gasteiger partial charge >= 0.3 is 0 Å². The molecule has 1 aromatic heterocycles. The highest BCUT2D eigenvalue weighted by Gasteiger charge is 2.58. The molecule has 4 aliphatic carbocycles. The molecule has 0 radical (unpaired) electrons. The van der Waals surface area contributed by atoms with Gasteiger partial charge in [-0.25, -0.2) is 0 Å². The van der Waals surface area contributed by atoms with E-state index in [2.05, 4.69) is 31.0 Å². The van der Waals surface area contributed by atoms with Crippen LogP contribution in [0.25, 0.3) is 0 Å². The number of pyridine rings is 1. The summed E-state index contributed by atoms with van der Waals surface area (Å²) in [4.78, 5) is 4.50. The molecule has 1 N–H and O–H groups in total. The van der Waals surface area contributed by atoms with E-state index in [0.717, 1.165) is 24.0 Å². The Morgan fingerprint density at radius 1 is 1.24 bits per heavy atom. The number of aliphatic hydroxyl groups excluding tert-OH is 1. The number of aliphatic hydroxyl groups is 1. The Kier molecular flexibility index (Phi) is 2.98. The fraction of sp³-hybridized carbons (Fsp3) is 0.737. The molecule has 0 amide bonds. The smallest absolute Gasteiger partial charge is 0.0652 e. The fourth-order valence-electron chi connectivity index (χ4n) is 6.22. The summed E-state index contributed by atoms with van der Waals surface area (Å²) >= 11 is 0. The first-order valence-electron chi connectivity index (χ1n) is 8.56. The summed E-state index contributed by atoms with van der Waals surface area (Å²) < 4.78 is 0. The van der Waals surface area contributed by atoms with E-state index >= 15 is 0 Å². The van der Waals surface area contributed by atoms with Gasteiger partial charge in [0.05, 0.1) is 6.10 Å². The molecule has 1 heterocycles. The first kappa shape index (κ1) is 13.8. The fourth-order valence-corrected chi connectivity index (χ4v) is 6.22. The maximum Gasteiger partial charge on any atom is 0.0652 e. The summed E-state index contributed by atoms with van der Waals surface area (Å²) in [5.74, 6) is 1.74. The molecule has 4 aliphatic rings. The quantitative estimate of drug-likeness (QED) is 0.913. The van der Waals surface area contributed by atoms with E-state index in [1.54, 1.807) is 0 Å². The molecular weight excluding hydrogens is 258 g/mol. The minimum absolute atomic E-state index is 0.186. The topological polar surface area (TPSA) is 33.1 Å². The third kappa shape index (κ3) is 2.32. The van der Waals surface area contributed by atoms with E-state index in [4.69, 9.17) is 0 Å². The molecule has 4 bridgehead atoms. The average Bonchev–Trinajstić information content (AvgIpc) is 2.38. The van der Waals surface area contributed by atoms with Crippen molar-refractivity contribution in [3.8, 4) is 0 Å². The van der Waals surface area contributed by atoms with E-state index in [0.29, 0.717) is 5.41 Å². The zero-order valence-electron chi connectivity index (χ0n) is 13.3. The molecule has 0 aliphatic heterocycles. The highest BCUT2D eigenvalue weighted by Crippen LogP contribution is 2.66. The Balaban J connectivity index is 1.56. The highest BCUT2D eigenvalue weighted by molar-refractivity contribution is 5.15. The van der Waals surface area contributed by atoms with Gasteiger partial charge in [-0.1, -0.05) is 13.0 Å². The second-order valence-corrected chi connectivity index (χ2v) is 8.68. The third-order valence-electron chi connectivity index (χ3n) is 6.48. The van der Waals surface area contributed by atoms with Gasteiger partial charge in [-0.15, -0.1) is 0 Å². The largest absolute Gasteiger partial charge is 0.392 e. The second-order valence-electron chi connectivity index (χ2n) is 8.68. The summed E-state index contributed by atoms with van der Waals surface area (Å²) in [6, 6.07) is 4.19. The average molecular weight is 285 g/mol. The second kappa shape index (κ2) is 4.55. The van der Waals surface area contributed by atoms with Crippen molar-refractivity contribution in [3.05, 3.63) is 29.6 Å². The van der Waals surface area contributed by atoms with Crippen LogP contribution in [-0.2, 0) is 6.42 Å². The van der Waals surface area contributed by atoms with Crippen LogP contribution in [0.4, 0.5) is 0 Å². The van der Waals surface area contributed by atoms with Gasteiger partial charge in [0.1, 0.15) is 0 Å². The van der Waals surface area contributed by atoms with Crippen LogP contribution in [0.3, 0.4) is 0 Å². The molecule has 0 aromatic carbocycles. The number of nitrogens with zero attached hydrogens (tertiary/aromatic N) is 1. The van der Waals surface area contributed by atoms with Crippen molar-refractivity contribution in [2.45, 2.75) is 64.9 Å². The van der Waals surface area contributed by atoms with Crippen LogP contribution >= 0.6 is 0 Å². The Morgan fingerprint density at radius 2 is 1.95 bits per heavy atom. The minimum atomic E-state index is -0.210. The van der Waals surface area contributed by atoms with Crippen LogP contribution in [0.2, 0.25) is 0 Å². The van der Waals surface area contributed by atoms with Gasteiger partial charge in [0, 0.05) is 18.3 Å². The first-order chi connectivity index (χ1) is 9.96. The van der Waals surface area contributed by atoms with Crippen LogP contribution in [-0.4, -0.2) is 16.2 Å². The van der Waals surface area contributed by atoms with Gasteiger partial charge in [-0.2, -0.15) is 0 Å². The predicted octanol–water partition coefficient (Wildman–Crippen LogP) is 3.90. The predicted molar refractivity (Wildman–Crippen MR) is 83.9 cm³/mol. The molecule has 21 heavy (non-hydrogen) atoms. The number of aryl methyl sites for hydroxylation is 1. The Bertz CT molecular complexity index is 521. The zero-order valence-corrected chi connectivity index (χ0v) is 13.3. The lowest BCUT2D eigenvalue weighted by Gasteiger charge is -2.62. The standard InChI is InChI=1S/C19H27NO/c1-13-3-4-16(20-11-13)6-17(21)19-9-14-5-15(10-19)8-18(2,7-14)12-19/h3-4,11,14-15,17,21H,5-10,12H2,1-2H3. The molecule has 5 rings (SSSR count). The number of aromatic nitrogens is 1. The van der Waals surface area contributed by atoms with E-state index < -0.39 is 0 Å². The summed E-state index contributed by atoms with van der Waals surface area (Å²) in [5.41, 5.74) is 2.93. The monoisotopic (exact) mass is 285 g/mol. The van der Waals surface area contributed by atoms with E-state index in [1.807, 2.05) is 6.20 Å². The molecule has 2 heteroatoms. The van der Waals surface area contributed by atoms with Crippen LogP contribution in [0.5, 0.6) is 0 Å². The lowest BCUT2D eigenvalue weighted by molar-refractivity contribution is -0.152. The van der Waals surface area contributed by atoms with Crippen molar-refractivity contribution in [1.29, 1.82) is 0 Å². The molecule has 0 saturated heterocycles. The Morgan fingerprint density at radius 3 is 2.52 bits per heavy atom. The van der Waals surface area contributed by atoms with Gasteiger partial charge in [0.15, 0.2) is 0 Å². The van der Waals surface area contributed by atoms with E-state index in [9.17, 15) is 5.11 Å². The molecular formula is C19H27NO. The third-order valence-corrected chi connectivity index (χ3v) is 6.48. The lowest BCUT2D eigenvalue weighted by atomic mass is 9.43. The summed E-state index contributed by atoms with van der Waals surface area (Å²) in [6.07, 6.45) is 10.4. The SMILES string of the molecule is Cc1ccc(CC(O)C23CC4CC(CC(C)(C4)C2)C3)nc1. The van der Waals surface area contributed by atoms with Crippen molar-refractivity contribution in [2.75, 3.05) is 0 Å². The van der Waals surface area contributed by atoms with Crippen molar-refractivity contribution < 1.29 is 5.11 Å². The highest BCUT2D eigenvalue weighted by atomic mass is 16.3. The summed E-state index contributed by atoms with van der Waals surface area (Å²) in [7, 11) is 0. The van der Waals surface area contributed by atoms with Crippen LogP contribution in [0, 0.1) is 29.6 Å². The zero-order chi connectivity index (χ0) is 14.7. The number of rotatable bonds is 3. The Labute approximate surface area is 128 Å². The first-order valence-corrected chi connectivity index (χ1v) is 8.56. The molecule has 3 unspecified atom stereocenters. The maximum absolute atomic E-state index is 11.0. The maximum atomic E-state index is 11.0. The molecule has 4 fully saturated rings. The molecule has 3 atom stereocenters. The van der Waals surface area contributed by atoms with Crippen LogP contribution in [0.15, 0.2) is 18.3 Å². The number of hydrogen-bond acceptors (Lipinski definition) is 2. The van der Waals surface area contributed by atoms with Gasteiger partial charge in [-0.05, 0) is 79.7 Å². The summed E-state index contributed by atoms with van der Waals surface area (Å²) in [5, 5.41) is 11.0. The van der Waals surface area contributed by atoms with Crippen LogP contribution < -0.4 is 0 Å². The molecule has 0 spiro atoms. The van der Waals surface area contributed by atoms with Gasteiger partial charge < -0.3 is 5.11 Å². The normalized spacial score (nSPS) is 42.2. The Hall–Kier alpha value is -0.890. The van der Waals surface area contributed by atoms with Gasteiger partial charge in [0.25, 0.3) is 0 Å². The minimum Gasteiger partial charge on any atom is -0.392 e. The molecule has 114 valence electrons. The van der Waals surface area contributed by atoms with Gasteiger partial charge in [-0.3, -0.25) is 4.98 Å². The number of hydrogen-bond donors (Lipinski definition) is 1. The van der Waals surface area contributed by atoms with E-state index in [1.165, 1.54) is 44.1 Å². The van der Waals surface area contributed by atoms with E-state index in [-0.39, 0.29) is 11.5 Å².